The van der Waals surface area contributed by atoms with Crippen LogP contribution in [0.2, 0.25) is 5.02 Å². The first-order valence-corrected chi connectivity index (χ1v) is 8.78. The van der Waals surface area contributed by atoms with Crippen LogP contribution in [-0.2, 0) is 0 Å². The summed E-state index contributed by atoms with van der Waals surface area (Å²) in [5.74, 6) is 1.34. The predicted octanol–water partition coefficient (Wildman–Crippen LogP) is 5.67. The molecule has 6 heteroatoms. The van der Waals surface area contributed by atoms with Crippen molar-refractivity contribution in [2.24, 2.45) is 4.99 Å². The lowest BCUT2D eigenvalue weighted by Gasteiger charge is -2.13. The highest BCUT2D eigenvalue weighted by Crippen LogP contribution is 2.35. The Morgan fingerprint density at radius 1 is 1.18 bits per heavy atom. The molecule has 0 saturated carbocycles. The van der Waals surface area contributed by atoms with Gasteiger partial charge in [-0.2, -0.15) is 0 Å². The number of Topliss-reactive ketones (excluding diaryl/α,β-unsaturated/α-hetero) is 1. The van der Waals surface area contributed by atoms with E-state index in [0.29, 0.717) is 16.3 Å². The van der Waals surface area contributed by atoms with Crippen molar-refractivity contribution in [2.45, 2.75) is 4.90 Å². The Bertz CT molecular complexity index is 704. The molecule has 0 amide bonds. The van der Waals surface area contributed by atoms with Crippen LogP contribution in [0.15, 0.2) is 58.4 Å². The van der Waals surface area contributed by atoms with Gasteiger partial charge in [-0.1, -0.05) is 23.7 Å². The zero-order valence-corrected chi connectivity index (χ0v) is 15.6. The van der Waals surface area contributed by atoms with E-state index in [-0.39, 0.29) is 22.8 Å². The van der Waals surface area contributed by atoms with E-state index < -0.39 is 0 Å². The molecule has 3 rings (SSSR count). The van der Waals surface area contributed by atoms with Crippen LogP contribution in [0.4, 0.5) is 5.69 Å². The van der Waals surface area contributed by atoms with Crippen molar-refractivity contribution in [2.75, 3.05) is 11.5 Å². The summed E-state index contributed by atoms with van der Waals surface area (Å²) >= 11 is 9.11. The quantitative estimate of drug-likeness (QED) is 0.606. The zero-order chi connectivity index (χ0) is 14.7. The summed E-state index contributed by atoms with van der Waals surface area (Å²) in [6, 6.07) is 15.1. The van der Waals surface area contributed by atoms with Crippen LogP contribution >= 0.6 is 52.1 Å². The van der Waals surface area contributed by atoms with Crippen LogP contribution in [-0.4, -0.2) is 22.3 Å². The number of hydrogen-bond acceptors (Lipinski definition) is 4. The van der Waals surface area contributed by atoms with E-state index >= 15 is 0 Å². The number of thioether (sulfide) groups is 2. The third-order valence-electron chi connectivity index (χ3n) is 3.00. The molecular weight excluding hydrogens is 402 g/mol. The Labute approximate surface area is 153 Å². The number of carbonyl (C=O) groups excluding carboxylic acids is 1. The maximum atomic E-state index is 12.1. The molecule has 0 N–H and O–H groups in total. The van der Waals surface area contributed by atoms with Crippen molar-refractivity contribution >= 4 is 68.6 Å². The monoisotopic (exact) mass is 413 g/mol. The van der Waals surface area contributed by atoms with Gasteiger partial charge in [-0.05, 0) is 36.4 Å². The van der Waals surface area contributed by atoms with Crippen LogP contribution in [0.1, 0.15) is 10.4 Å². The third-order valence-corrected chi connectivity index (χ3v) is 5.48. The number of carbonyl (C=O) groups is 1. The van der Waals surface area contributed by atoms with Gasteiger partial charge in [0.25, 0.3) is 0 Å². The lowest BCUT2D eigenvalue weighted by Crippen LogP contribution is -2.08. The van der Waals surface area contributed by atoms with Gasteiger partial charge in [0.2, 0.25) is 0 Å². The van der Waals surface area contributed by atoms with E-state index in [9.17, 15) is 4.79 Å². The van der Waals surface area contributed by atoms with Gasteiger partial charge in [-0.3, -0.25) is 4.79 Å². The molecule has 1 aliphatic heterocycles. The van der Waals surface area contributed by atoms with Crippen LogP contribution in [0.25, 0.3) is 0 Å². The first-order chi connectivity index (χ1) is 10.2. The van der Waals surface area contributed by atoms with E-state index in [0.717, 1.165) is 16.5 Å². The summed E-state index contributed by atoms with van der Waals surface area (Å²) in [5.41, 5.74) is 1.69. The fraction of sp³-hybridized carbons (Fsp3) is 0.125. The van der Waals surface area contributed by atoms with Crippen molar-refractivity contribution in [1.82, 2.24) is 0 Å². The van der Waals surface area contributed by atoms with Crippen LogP contribution in [0, 0.1) is 0 Å². The van der Waals surface area contributed by atoms with Gasteiger partial charge in [0.1, 0.15) is 0 Å². The van der Waals surface area contributed by atoms with Gasteiger partial charge in [0.15, 0.2) is 5.78 Å². The molecule has 0 bridgehead atoms. The molecule has 0 atom stereocenters. The molecule has 1 aliphatic rings. The molecule has 2 aromatic rings. The van der Waals surface area contributed by atoms with Gasteiger partial charge in [-0.15, -0.1) is 40.5 Å². The van der Waals surface area contributed by atoms with Gasteiger partial charge in [0, 0.05) is 21.2 Å². The Hall–Kier alpha value is -0.750. The van der Waals surface area contributed by atoms with E-state index in [4.69, 9.17) is 11.6 Å². The Balaban J connectivity index is 0.00000176. The summed E-state index contributed by atoms with van der Waals surface area (Å²) in [7, 11) is 0. The normalized spacial score (nSPS) is 12.9. The van der Waals surface area contributed by atoms with Crippen molar-refractivity contribution in [3.63, 3.8) is 0 Å². The lowest BCUT2D eigenvalue weighted by atomic mass is 10.1. The second kappa shape index (κ2) is 8.20. The van der Waals surface area contributed by atoms with E-state index in [1.165, 1.54) is 16.7 Å². The molecule has 0 radical (unpaired) electrons. The standard InChI is InChI=1S/C16H12ClNOS2.BrH/c17-12-7-5-11(6-8-12)14(19)9-21-16-10-20-15-4-2-1-3-13(15)18-16;/h1-8H,9-10H2;1H. The van der Waals surface area contributed by atoms with Crippen LogP contribution in [0.5, 0.6) is 0 Å². The highest BCUT2D eigenvalue weighted by atomic mass is 79.9. The molecule has 22 heavy (non-hydrogen) atoms. The van der Waals surface area contributed by atoms with E-state index in [1.807, 2.05) is 18.2 Å². The molecule has 0 saturated heterocycles. The molecule has 2 nitrogen and oxygen atoms in total. The number of fused-ring (bicyclic) bond motifs is 1. The number of rotatable bonds is 3. The topological polar surface area (TPSA) is 29.4 Å². The number of aliphatic imine (C=N–C) groups is 1. The fourth-order valence-electron chi connectivity index (χ4n) is 1.92. The lowest BCUT2D eigenvalue weighted by molar-refractivity contribution is 0.102. The molecular formula is C16H13BrClNOS2. The second-order valence-corrected chi connectivity index (χ2v) is 6.98. The highest BCUT2D eigenvalue weighted by Gasteiger charge is 2.14. The van der Waals surface area contributed by atoms with Gasteiger partial charge >= 0.3 is 0 Å². The van der Waals surface area contributed by atoms with Crippen LogP contribution in [0.3, 0.4) is 0 Å². The zero-order valence-electron chi connectivity index (χ0n) is 11.5. The molecule has 114 valence electrons. The number of para-hydroxylation sites is 1. The molecule has 1 heterocycles. The van der Waals surface area contributed by atoms with Gasteiger partial charge in [0.05, 0.1) is 16.5 Å². The predicted molar refractivity (Wildman–Crippen MR) is 103 cm³/mol. The van der Waals surface area contributed by atoms with Crippen LogP contribution < -0.4 is 0 Å². The summed E-state index contributed by atoms with van der Waals surface area (Å²) < 4.78 is 0. The average molecular weight is 415 g/mol. The molecule has 0 spiro atoms. The van der Waals surface area contributed by atoms with Gasteiger partial charge < -0.3 is 0 Å². The highest BCUT2D eigenvalue weighted by molar-refractivity contribution is 8.93. The van der Waals surface area contributed by atoms with E-state index in [2.05, 4.69) is 11.1 Å². The maximum absolute atomic E-state index is 12.1. The van der Waals surface area contributed by atoms with Crippen molar-refractivity contribution < 1.29 is 4.79 Å². The summed E-state index contributed by atoms with van der Waals surface area (Å²) in [5, 5.41) is 1.64. The number of hydrogen-bond donors (Lipinski definition) is 0. The first kappa shape index (κ1) is 17.6. The average Bonchev–Trinajstić information content (AvgIpc) is 2.53. The molecule has 0 aromatic heterocycles. The number of benzene rings is 2. The molecule has 0 fully saturated rings. The second-order valence-electron chi connectivity index (χ2n) is 4.48. The molecule has 0 aliphatic carbocycles. The third kappa shape index (κ3) is 4.38. The van der Waals surface area contributed by atoms with Crippen molar-refractivity contribution in [3.8, 4) is 0 Å². The minimum atomic E-state index is 0. The first-order valence-electron chi connectivity index (χ1n) is 6.43. The smallest absolute Gasteiger partial charge is 0.173 e. The number of nitrogens with zero attached hydrogens (tertiary/aromatic N) is 1. The SMILES string of the molecule is Br.O=C(CSC1=Nc2ccccc2SC1)c1ccc(Cl)cc1. The Morgan fingerprint density at radius 2 is 1.91 bits per heavy atom. The summed E-state index contributed by atoms with van der Waals surface area (Å²) in [6.07, 6.45) is 0. The van der Waals surface area contributed by atoms with Crippen molar-refractivity contribution in [3.05, 3.63) is 59.1 Å². The number of ketones is 1. The minimum absolute atomic E-state index is 0. The molecule has 2 aromatic carbocycles. The number of halogens is 2. The van der Waals surface area contributed by atoms with E-state index in [1.54, 1.807) is 36.0 Å². The summed E-state index contributed by atoms with van der Waals surface area (Å²) in [6.45, 7) is 0. The van der Waals surface area contributed by atoms with Crippen molar-refractivity contribution in [1.29, 1.82) is 0 Å². The minimum Gasteiger partial charge on any atom is -0.293 e. The summed E-state index contributed by atoms with van der Waals surface area (Å²) in [4.78, 5) is 17.9. The maximum Gasteiger partial charge on any atom is 0.173 e. The largest absolute Gasteiger partial charge is 0.293 e. The Morgan fingerprint density at radius 3 is 2.68 bits per heavy atom. The fourth-order valence-corrected chi connectivity index (χ4v) is 3.96. The Kier molecular flexibility index (Phi) is 6.56. The molecule has 0 unspecified atom stereocenters. The van der Waals surface area contributed by atoms with Gasteiger partial charge in [-0.25, -0.2) is 4.99 Å².